The van der Waals surface area contributed by atoms with Gasteiger partial charge in [-0.05, 0) is 56.3 Å². The monoisotopic (exact) mass is 405 g/mol. The third-order valence-corrected chi connectivity index (χ3v) is 4.63. The number of anilines is 1. The minimum atomic E-state index is -0.528. The Kier molecular flexibility index (Phi) is 6.37. The van der Waals surface area contributed by atoms with Gasteiger partial charge in [-0.1, -0.05) is 18.2 Å². The van der Waals surface area contributed by atoms with Gasteiger partial charge in [0, 0.05) is 17.5 Å². The van der Waals surface area contributed by atoms with Crippen molar-refractivity contribution >= 4 is 17.4 Å². The molecule has 0 saturated carbocycles. The van der Waals surface area contributed by atoms with Gasteiger partial charge in [0.15, 0.2) is 5.78 Å². The van der Waals surface area contributed by atoms with E-state index in [-0.39, 0.29) is 29.1 Å². The number of nitrogens with zero attached hydrogens (tertiary/aromatic N) is 1. The van der Waals surface area contributed by atoms with Crippen LogP contribution in [0.15, 0.2) is 83.7 Å². The Morgan fingerprint density at radius 2 is 1.80 bits per heavy atom. The summed E-state index contributed by atoms with van der Waals surface area (Å²) >= 11 is 0. The van der Waals surface area contributed by atoms with Crippen LogP contribution in [0.2, 0.25) is 0 Å². The van der Waals surface area contributed by atoms with Crippen molar-refractivity contribution in [3.63, 3.8) is 0 Å². The Bertz CT molecular complexity index is 1050. The number of phenols is 1. The Balaban J connectivity index is 2.12. The molecule has 0 fully saturated rings. The van der Waals surface area contributed by atoms with Gasteiger partial charge in [0.25, 0.3) is 0 Å². The zero-order chi connectivity index (χ0) is 21.7. The molecule has 0 aliphatic carbocycles. The SMILES string of the molecule is C/C=C1\C(C(=O)OCC)=CC(C(=O)c2ccccc2O)=CN1c1ccc(OC)cc1. The molecule has 2 aromatic carbocycles. The number of aromatic hydroxyl groups is 1. The first-order valence-corrected chi connectivity index (χ1v) is 9.53. The van der Waals surface area contributed by atoms with Crippen molar-refractivity contribution in [2.45, 2.75) is 13.8 Å². The molecule has 1 aliphatic rings. The summed E-state index contributed by atoms with van der Waals surface area (Å²) in [5.74, 6) is -0.362. The number of ketones is 1. The molecule has 6 nitrogen and oxygen atoms in total. The number of hydrogen-bond acceptors (Lipinski definition) is 6. The molecule has 3 rings (SSSR count). The van der Waals surface area contributed by atoms with Crippen LogP contribution in [-0.2, 0) is 9.53 Å². The molecule has 6 heteroatoms. The van der Waals surface area contributed by atoms with E-state index in [0.717, 1.165) is 5.69 Å². The molecule has 0 aromatic heterocycles. The number of hydrogen-bond donors (Lipinski definition) is 1. The lowest BCUT2D eigenvalue weighted by Gasteiger charge is -2.29. The number of para-hydroxylation sites is 1. The van der Waals surface area contributed by atoms with Crippen LogP contribution >= 0.6 is 0 Å². The Hall–Kier alpha value is -3.80. The summed E-state index contributed by atoms with van der Waals surface area (Å²) in [5, 5.41) is 10.1. The maximum atomic E-state index is 13.1. The van der Waals surface area contributed by atoms with Crippen molar-refractivity contribution in [1.82, 2.24) is 0 Å². The standard InChI is InChI=1S/C24H23NO5/c1-4-21-20(24(28)30-5-2)14-16(23(27)19-8-6-7-9-22(19)26)15-25(21)17-10-12-18(29-3)13-11-17/h4,6-15,26H,5H2,1-3H3/b21-4+. The van der Waals surface area contributed by atoms with Gasteiger partial charge in [0.1, 0.15) is 11.5 Å². The molecule has 0 unspecified atom stereocenters. The maximum Gasteiger partial charge on any atom is 0.340 e. The van der Waals surface area contributed by atoms with E-state index in [1.165, 1.54) is 12.1 Å². The van der Waals surface area contributed by atoms with Crippen molar-refractivity contribution in [2.75, 3.05) is 18.6 Å². The number of methoxy groups -OCH3 is 1. The van der Waals surface area contributed by atoms with Crippen LogP contribution in [0.4, 0.5) is 5.69 Å². The van der Waals surface area contributed by atoms with E-state index in [1.54, 1.807) is 61.5 Å². The quantitative estimate of drug-likeness (QED) is 0.568. The van der Waals surface area contributed by atoms with Crippen LogP contribution in [-0.4, -0.2) is 30.6 Å². The van der Waals surface area contributed by atoms with E-state index >= 15 is 0 Å². The molecule has 0 radical (unpaired) electrons. The molecule has 1 heterocycles. The van der Waals surface area contributed by atoms with Crippen molar-refractivity contribution in [2.24, 2.45) is 0 Å². The molecule has 1 N–H and O–H groups in total. The summed E-state index contributed by atoms with van der Waals surface area (Å²) in [7, 11) is 1.58. The highest BCUT2D eigenvalue weighted by molar-refractivity contribution is 6.14. The van der Waals surface area contributed by atoms with Gasteiger partial charge in [0.05, 0.1) is 30.6 Å². The molecular weight excluding hydrogens is 382 g/mol. The fourth-order valence-electron chi connectivity index (χ4n) is 3.17. The highest BCUT2D eigenvalue weighted by atomic mass is 16.5. The minimum absolute atomic E-state index is 0.123. The van der Waals surface area contributed by atoms with Gasteiger partial charge in [0.2, 0.25) is 0 Å². The second-order valence-electron chi connectivity index (χ2n) is 6.45. The fraction of sp³-hybridized carbons (Fsp3) is 0.167. The van der Waals surface area contributed by atoms with Crippen molar-refractivity contribution in [1.29, 1.82) is 0 Å². The largest absolute Gasteiger partial charge is 0.507 e. The molecule has 1 aliphatic heterocycles. The van der Waals surface area contributed by atoms with Gasteiger partial charge in [-0.3, -0.25) is 4.79 Å². The third kappa shape index (κ3) is 4.12. The van der Waals surface area contributed by atoms with E-state index in [9.17, 15) is 14.7 Å². The average molecular weight is 405 g/mol. The number of Topliss-reactive ketones (excluding diaryl/α,β-unsaturated/α-hetero) is 1. The van der Waals surface area contributed by atoms with Gasteiger partial charge >= 0.3 is 5.97 Å². The number of esters is 1. The molecule has 0 bridgehead atoms. The Labute approximate surface area is 175 Å². The Morgan fingerprint density at radius 3 is 2.40 bits per heavy atom. The minimum Gasteiger partial charge on any atom is -0.507 e. The van der Waals surface area contributed by atoms with E-state index < -0.39 is 11.8 Å². The lowest BCUT2D eigenvalue weighted by atomic mass is 9.96. The summed E-state index contributed by atoms with van der Waals surface area (Å²) in [4.78, 5) is 27.5. The predicted molar refractivity (Wildman–Crippen MR) is 114 cm³/mol. The Morgan fingerprint density at radius 1 is 1.10 bits per heavy atom. The molecule has 0 atom stereocenters. The zero-order valence-corrected chi connectivity index (χ0v) is 17.1. The van der Waals surface area contributed by atoms with Crippen LogP contribution in [0, 0.1) is 0 Å². The second kappa shape index (κ2) is 9.13. The van der Waals surface area contributed by atoms with Crippen LogP contribution in [0.5, 0.6) is 11.5 Å². The van der Waals surface area contributed by atoms with Gasteiger partial charge in [-0.25, -0.2) is 4.79 Å². The molecular formula is C24H23NO5. The number of phenolic OH excluding ortho intramolecular Hbond substituents is 1. The molecule has 0 amide bonds. The first-order chi connectivity index (χ1) is 14.5. The third-order valence-electron chi connectivity index (χ3n) is 4.63. The van der Waals surface area contributed by atoms with E-state index in [1.807, 2.05) is 19.1 Å². The molecule has 30 heavy (non-hydrogen) atoms. The van der Waals surface area contributed by atoms with Crippen LogP contribution in [0.25, 0.3) is 0 Å². The molecule has 0 saturated heterocycles. The maximum absolute atomic E-state index is 13.1. The molecule has 0 spiro atoms. The van der Waals surface area contributed by atoms with Gasteiger partial charge < -0.3 is 19.5 Å². The molecule has 2 aromatic rings. The summed E-state index contributed by atoms with van der Waals surface area (Å²) < 4.78 is 10.4. The van der Waals surface area contributed by atoms with Crippen molar-refractivity contribution < 1.29 is 24.2 Å². The number of carbonyl (C=O) groups excluding carboxylic acids is 2. The number of benzene rings is 2. The normalized spacial score (nSPS) is 14.8. The molecule has 154 valence electrons. The summed E-state index contributed by atoms with van der Waals surface area (Å²) in [5.41, 5.74) is 1.99. The highest BCUT2D eigenvalue weighted by Crippen LogP contribution is 2.33. The lowest BCUT2D eigenvalue weighted by Crippen LogP contribution is -2.27. The predicted octanol–water partition coefficient (Wildman–Crippen LogP) is 4.38. The van der Waals surface area contributed by atoms with E-state index in [4.69, 9.17) is 9.47 Å². The number of rotatable bonds is 6. The highest BCUT2D eigenvalue weighted by Gasteiger charge is 2.28. The number of allylic oxidation sites excluding steroid dienone is 3. The van der Waals surface area contributed by atoms with Crippen LogP contribution in [0.3, 0.4) is 0 Å². The smallest absolute Gasteiger partial charge is 0.340 e. The number of carbonyl (C=O) groups is 2. The zero-order valence-electron chi connectivity index (χ0n) is 17.1. The van der Waals surface area contributed by atoms with Crippen molar-refractivity contribution in [3.8, 4) is 11.5 Å². The van der Waals surface area contributed by atoms with Gasteiger partial charge in [-0.15, -0.1) is 0 Å². The van der Waals surface area contributed by atoms with E-state index in [0.29, 0.717) is 11.4 Å². The number of ether oxygens (including phenoxy) is 2. The second-order valence-corrected chi connectivity index (χ2v) is 6.45. The fourth-order valence-corrected chi connectivity index (χ4v) is 3.17. The first kappa shape index (κ1) is 20.9. The summed E-state index contributed by atoms with van der Waals surface area (Å²) in [6.07, 6.45) is 4.93. The average Bonchev–Trinajstić information content (AvgIpc) is 2.78. The van der Waals surface area contributed by atoms with Crippen LogP contribution in [0.1, 0.15) is 24.2 Å². The van der Waals surface area contributed by atoms with Gasteiger partial charge in [-0.2, -0.15) is 0 Å². The lowest BCUT2D eigenvalue weighted by molar-refractivity contribution is -0.138. The summed E-state index contributed by atoms with van der Waals surface area (Å²) in [6.45, 7) is 3.74. The van der Waals surface area contributed by atoms with Crippen LogP contribution < -0.4 is 9.64 Å². The van der Waals surface area contributed by atoms with Crippen molar-refractivity contribution in [3.05, 3.63) is 89.3 Å². The summed E-state index contributed by atoms with van der Waals surface area (Å²) in [6, 6.07) is 13.6. The first-order valence-electron chi connectivity index (χ1n) is 9.53. The van der Waals surface area contributed by atoms with E-state index in [2.05, 4.69) is 0 Å². The topological polar surface area (TPSA) is 76.1 Å².